The van der Waals surface area contributed by atoms with E-state index in [1.165, 1.54) is 6.07 Å². The number of rotatable bonds is 5. The first-order chi connectivity index (χ1) is 11.6. The maximum absolute atomic E-state index is 12.5. The van der Waals surface area contributed by atoms with Gasteiger partial charge in [-0.15, -0.1) is 0 Å². The van der Waals surface area contributed by atoms with Crippen LogP contribution in [0.25, 0.3) is 0 Å². The molecule has 2 aliphatic rings. The predicted octanol–water partition coefficient (Wildman–Crippen LogP) is 0.847. The Morgan fingerprint density at radius 3 is 2.58 bits per heavy atom. The smallest absolute Gasteiger partial charge is 0.240 e. The third kappa shape index (κ3) is 4.18. The van der Waals surface area contributed by atoms with Crippen molar-refractivity contribution < 1.29 is 22.6 Å². The molecule has 24 heavy (non-hydrogen) atoms. The van der Waals surface area contributed by atoms with E-state index in [0.717, 1.165) is 19.5 Å². The van der Waals surface area contributed by atoms with Gasteiger partial charge in [0.15, 0.2) is 11.5 Å². The van der Waals surface area contributed by atoms with Gasteiger partial charge >= 0.3 is 0 Å². The molecule has 0 amide bonds. The summed E-state index contributed by atoms with van der Waals surface area (Å²) in [7, 11) is -3.58. The van der Waals surface area contributed by atoms with Gasteiger partial charge in [-0.25, -0.2) is 13.1 Å². The van der Waals surface area contributed by atoms with Gasteiger partial charge in [0.25, 0.3) is 0 Å². The maximum Gasteiger partial charge on any atom is 0.240 e. The Balaban J connectivity index is 1.65. The van der Waals surface area contributed by atoms with E-state index in [1.54, 1.807) is 12.1 Å². The van der Waals surface area contributed by atoms with E-state index in [2.05, 4.69) is 9.62 Å². The van der Waals surface area contributed by atoms with Crippen molar-refractivity contribution in [2.24, 2.45) is 0 Å². The summed E-state index contributed by atoms with van der Waals surface area (Å²) in [6, 6.07) is 4.85. The van der Waals surface area contributed by atoms with Crippen molar-refractivity contribution in [1.29, 1.82) is 0 Å². The molecule has 1 aromatic rings. The second kappa shape index (κ2) is 7.69. The van der Waals surface area contributed by atoms with Gasteiger partial charge in [-0.3, -0.25) is 4.90 Å². The molecule has 1 fully saturated rings. The highest BCUT2D eigenvalue weighted by atomic mass is 32.2. The summed E-state index contributed by atoms with van der Waals surface area (Å²) in [6.07, 6.45) is 0.784. The number of fused-ring (bicyclic) bond motifs is 1. The Bertz CT molecular complexity index is 658. The molecule has 1 N–H and O–H groups in total. The van der Waals surface area contributed by atoms with Gasteiger partial charge in [0.2, 0.25) is 10.0 Å². The standard InChI is InChI=1S/C16H24N2O5S/c1-13(18-5-9-21-10-6-18)12-17-24(19,20)14-3-4-15-16(11-14)23-8-2-7-22-15/h3-4,11,13,17H,2,5-10,12H2,1H3. The van der Waals surface area contributed by atoms with Gasteiger partial charge in [0.1, 0.15) is 0 Å². The maximum atomic E-state index is 12.5. The summed E-state index contributed by atoms with van der Waals surface area (Å²) < 4.78 is 44.2. The van der Waals surface area contributed by atoms with Crippen LogP contribution in [-0.4, -0.2) is 65.4 Å². The number of ether oxygens (including phenoxy) is 3. The summed E-state index contributed by atoms with van der Waals surface area (Å²) in [5.41, 5.74) is 0. The molecule has 134 valence electrons. The monoisotopic (exact) mass is 356 g/mol. The van der Waals surface area contributed by atoms with Crippen LogP contribution >= 0.6 is 0 Å². The summed E-state index contributed by atoms with van der Waals surface area (Å²) in [5, 5.41) is 0. The zero-order chi connectivity index (χ0) is 17.0. The van der Waals surface area contributed by atoms with Crippen LogP contribution in [-0.2, 0) is 14.8 Å². The van der Waals surface area contributed by atoms with Gasteiger partial charge < -0.3 is 14.2 Å². The van der Waals surface area contributed by atoms with E-state index in [0.29, 0.717) is 44.5 Å². The zero-order valence-corrected chi connectivity index (χ0v) is 14.7. The van der Waals surface area contributed by atoms with E-state index >= 15 is 0 Å². The van der Waals surface area contributed by atoms with Gasteiger partial charge in [-0.2, -0.15) is 0 Å². The van der Waals surface area contributed by atoms with Crippen LogP contribution in [0.1, 0.15) is 13.3 Å². The van der Waals surface area contributed by atoms with E-state index in [-0.39, 0.29) is 10.9 Å². The van der Waals surface area contributed by atoms with Crippen molar-refractivity contribution in [3.05, 3.63) is 18.2 Å². The van der Waals surface area contributed by atoms with Crippen LogP contribution in [0, 0.1) is 0 Å². The van der Waals surface area contributed by atoms with Crippen molar-refractivity contribution in [2.75, 3.05) is 46.1 Å². The molecule has 1 unspecified atom stereocenters. The first-order valence-corrected chi connectivity index (χ1v) is 9.76. The Kier molecular flexibility index (Phi) is 5.60. The molecule has 7 nitrogen and oxygen atoms in total. The second-order valence-corrected chi connectivity index (χ2v) is 7.78. The number of hydrogen-bond acceptors (Lipinski definition) is 6. The lowest BCUT2D eigenvalue weighted by Gasteiger charge is -2.32. The highest BCUT2D eigenvalue weighted by Crippen LogP contribution is 2.31. The molecule has 1 atom stereocenters. The Hall–Kier alpha value is -1.35. The summed E-state index contributed by atoms with van der Waals surface area (Å²) in [5.74, 6) is 1.07. The summed E-state index contributed by atoms with van der Waals surface area (Å²) in [4.78, 5) is 2.42. The number of morpholine rings is 1. The molecule has 1 saturated heterocycles. The van der Waals surface area contributed by atoms with Gasteiger partial charge in [-0.1, -0.05) is 0 Å². The van der Waals surface area contributed by atoms with E-state index in [1.807, 2.05) is 6.92 Å². The van der Waals surface area contributed by atoms with E-state index in [9.17, 15) is 8.42 Å². The second-order valence-electron chi connectivity index (χ2n) is 6.01. The van der Waals surface area contributed by atoms with E-state index < -0.39 is 10.0 Å². The lowest BCUT2D eigenvalue weighted by atomic mass is 10.2. The average Bonchev–Trinajstić information content (AvgIpc) is 2.85. The summed E-state index contributed by atoms with van der Waals surface area (Å²) in [6.45, 7) is 6.52. The lowest BCUT2D eigenvalue weighted by molar-refractivity contribution is 0.0213. The van der Waals surface area contributed by atoms with Gasteiger partial charge in [-0.05, 0) is 19.1 Å². The molecule has 0 aliphatic carbocycles. The Morgan fingerprint density at radius 2 is 1.83 bits per heavy atom. The Morgan fingerprint density at radius 1 is 1.12 bits per heavy atom. The van der Waals surface area contributed by atoms with Crippen molar-refractivity contribution in [1.82, 2.24) is 9.62 Å². The topological polar surface area (TPSA) is 77.1 Å². The predicted molar refractivity (Wildman–Crippen MR) is 89.1 cm³/mol. The molecule has 8 heteroatoms. The third-order valence-electron chi connectivity index (χ3n) is 4.27. The minimum atomic E-state index is -3.58. The SMILES string of the molecule is CC(CNS(=O)(=O)c1ccc2c(c1)OCCCO2)N1CCOCC1. The molecule has 3 rings (SSSR count). The van der Waals surface area contributed by atoms with Crippen LogP contribution in [0.4, 0.5) is 0 Å². The minimum absolute atomic E-state index is 0.115. The fourth-order valence-corrected chi connectivity index (χ4v) is 3.91. The quantitative estimate of drug-likeness (QED) is 0.843. The number of benzene rings is 1. The van der Waals surface area contributed by atoms with Crippen LogP contribution in [0.15, 0.2) is 23.1 Å². The fourth-order valence-electron chi connectivity index (χ4n) is 2.77. The van der Waals surface area contributed by atoms with Gasteiger partial charge in [0.05, 0.1) is 31.3 Å². The molecule has 1 aromatic carbocycles. The third-order valence-corrected chi connectivity index (χ3v) is 5.69. The molecule has 0 radical (unpaired) electrons. The highest BCUT2D eigenvalue weighted by Gasteiger charge is 2.22. The average molecular weight is 356 g/mol. The fraction of sp³-hybridized carbons (Fsp3) is 0.625. The molecule has 2 heterocycles. The lowest BCUT2D eigenvalue weighted by Crippen LogP contribution is -2.47. The molecular formula is C16H24N2O5S. The normalized spacial score (nSPS) is 20.4. The zero-order valence-electron chi connectivity index (χ0n) is 13.9. The van der Waals surface area contributed by atoms with Crippen molar-refractivity contribution in [3.63, 3.8) is 0 Å². The number of sulfonamides is 1. The molecule has 0 bridgehead atoms. The van der Waals surface area contributed by atoms with Crippen LogP contribution in [0.3, 0.4) is 0 Å². The van der Waals surface area contributed by atoms with E-state index in [4.69, 9.17) is 14.2 Å². The Labute approximate surface area is 142 Å². The number of nitrogens with one attached hydrogen (secondary N) is 1. The van der Waals surface area contributed by atoms with Crippen molar-refractivity contribution in [2.45, 2.75) is 24.3 Å². The minimum Gasteiger partial charge on any atom is -0.490 e. The molecule has 0 aromatic heterocycles. The number of hydrogen-bond donors (Lipinski definition) is 1. The summed E-state index contributed by atoms with van der Waals surface area (Å²) >= 11 is 0. The largest absolute Gasteiger partial charge is 0.490 e. The van der Waals surface area contributed by atoms with Crippen molar-refractivity contribution >= 4 is 10.0 Å². The molecular weight excluding hydrogens is 332 g/mol. The van der Waals surface area contributed by atoms with Crippen LogP contribution in [0.5, 0.6) is 11.5 Å². The van der Waals surface area contributed by atoms with Crippen molar-refractivity contribution in [3.8, 4) is 11.5 Å². The van der Waals surface area contributed by atoms with Gasteiger partial charge in [0, 0.05) is 38.2 Å². The first-order valence-electron chi connectivity index (χ1n) is 8.27. The molecule has 0 spiro atoms. The molecule has 0 saturated carbocycles. The van der Waals surface area contributed by atoms with Crippen LogP contribution < -0.4 is 14.2 Å². The molecule has 2 aliphatic heterocycles. The first kappa shape index (κ1) is 17.5. The highest BCUT2D eigenvalue weighted by molar-refractivity contribution is 7.89. The number of nitrogens with zero attached hydrogens (tertiary/aromatic N) is 1. The van der Waals surface area contributed by atoms with Crippen LogP contribution in [0.2, 0.25) is 0 Å².